The van der Waals surface area contributed by atoms with Crippen LogP contribution in [0.3, 0.4) is 0 Å². The molecular weight excluding hydrogens is 324 g/mol. The van der Waals surface area contributed by atoms with Crippen LogP contribution in [0, 0.1) is 11.3 Å². The summed E-state index contributed by atoms with van der Waals surface area (Å²) in [6.07, 6.45) is 0. The van der Waals surface area contributed by atoms with Crippen molar-refractivity contribution in [3.8, 4) is 6.07 Å². The highest BCUT2D eigenvalue weighted by Gasteiger charge is 2.27. The number of carbonyl (C=O) groups is 2. The van der Waals surface area contributed by atoms with Gasteiger partial charge in [-0.15, -0.1) is 11.8 Å². The van der Waals surface area contributed by atoms with Crippen LogP contribution in [0.1, 0.15) is 11.1 Å². The molecule has 7 heteroatoms. The molecule has 1 aromatic carbocycles. The van der Waals surface area contributed by atoms with E-state index in [1.54, 1.807) is 16.7 Å². The van der Waals surface area contributed by atoms with Gasteiger partial charge in [0, 0.05) is 32.7 Å². The number of nitrogens with zero attached hydrogens (tertiary/aromatic N) is 4. The lowest BCUT2D eigenvalue weighted by atomic mass is 10.1. The van der Waals surface area contributed by atoms with Gasteiger partial charge in [0.25, 0.3) is 0 Å². The fraction of sp³-hybridized carbons (Fsp3) is 0.471. The Morgan fingerprint density at radius 2 is 1.88 bits per heavy atom. The summed E-state index contributed by atoms with van der Waals surface area (Å²) in [6, 6.07) is 9.75. The third-order valence-corrected chi connectivity index (χ3v) is 5.31. The molecule has 126 valence electrons. The fourth-order valence-corrected chi connectivity index (χ4v) is 3.81. The number of thioether (sulfide) groups is 1. The van der Waals surface area contributed by atoms with Crippen LogP contribution in [-0.4, -0.2) is 70.9 Å². The van der Waals surface area contributed by atoms with Gasteiger partial charge in [0.2, 0.25) is 11.8 Å². The van der Waals surface area contributed by atoms with Crippen molar-refractivity contribution in [1.82, 2.24) is 14.7 Å². The monoisotopic (exact) mass is 344 g/mol. The van der Waals surface area contributed by atoms with E-state index < -0.39 is 0 Å². The van der Waals surface area contributed by atoms with Crippen LogP contribution in [0.2, 0.25) is 0 Å². The standard InChI is InChI=1S/C17H20N4O2S/c18-9-14-1-3-15(4-2-14)10-19-5-7-20(8-6-19)16(22)11-21-13-24-12-17(21)23/h1-4H,5-8,10-13H2. The molecule has 0 unspecified atom stereocenters. The summed E-state index contributed by atoms with van der Waals surface area (Å²) in [7, 11) is 0. The molecule has 0 aromatic heterocycles. The number of benzene rings is 1. The lowest BCUT2D eigenvalue weighted by molar-refractivity contribution is -0.139. The van der Waals surface area contributed by atoms with Crippen molar-refractivity contribution >= 4 is 23.6 Å². The first-order chi connectivity index (χ1) is 11.7. The molecule has 2 aliphatic rings. The molecule has 2 fully saturated rings. The van der Waals surface area contributed by atoms with Gasteiger partial charge in [-0.25, -0.2) is 0 Å². The smallest absolute Gasteiger partial charge is 0.242 e. The van der Waals surface area contributed by atoms with Crippen molar-refractivity contribution in [3.63, 3.8) is 0 Å². The highest BCUT2D eigenvalue weighted by Crippen LogP contribution is 2.15. The second kappa shape index (κ2) is 7.69. The van der Waals surface area contributed by atoms with Crippen LogP contribution >= 0.6 is 11.8 Å². The molecular formula is C17H20N4O2S. The van der Waals surface area contributed by atoms with Crippen LogP contribution in [-0.2, 0) is 16.1 Å². The summed E-state index contributed by atoms with van der Waals surface area (Å²) in [5, 5.41) is 8.83. The average molecular weight is 344 g/mol. The molecule has 0 spiro atoms. The summed E-state index contributed by atoms with van der Waals surface area (Å²) in [5.74, 6) is 1.23. The van der Waals surface area contributed by atoms with E-state index in [-0.39, 0.29) is 18.4 Å². The molecule has 6 nitrogen and oxygen atoms in total. The van der Waals surface area contributed by atoms with Crippen molar-refractivity contribution in [1.29, 1.82) is 5.26 Å². The summed E-state index contributed by atoms with van der Waals surface area (Å²) >= 11 is 1.56. The Bertz CT molecular complexity index is 648. The predicted molar refractivity (Wildman–Crippen MR) is 92.1 cm³/mol. The molecule has 2 heterocycles. The van der Waals surface area contributed by atoms with Crippen LogP contribution in [0.4, 0.5) is 0 Å². The highest BCUT2D eigenvalue weighted by atomic mass is 32.2. The Hall–Kier alpha value is -2.04. The summed E-state index contributed by atoms with van der Waals surface area (Å²) in [5.41, 5.74) is 1.84. The number of hydrogen-bond donors (Lipinski definition) is 0. The van der Waals surface area contributed by atoms with Gasteiger partial charge in [0.1, 0.15) is 6.54 Å². The molecule has 1 aromatic rings. The van der Waals surface area contributed by atoms with Gasteiger partial charge in [0.15, 0.2) is 0 Å². The summed E-state index contributed by atoms with van der Waals surface area (Å²) in [4.78, 5) is 29.7. The number of hydrogen-bond acceptors (Lipinski definition) is 5. The van der Waals surface area contributed by atoms with Crippen LogP contribution in [0.15, 0.2) is 24.3 Å². The molecule has 3 rings (SSSR count). The van der Waals surface area contributed by atoms with E-state index >= 15 is 0 Å². The summed E-state index contributed by atoms with van der Waals surface area (Å²) < 4.78 is 0. The first-order valence-corrected chi connectivity index (χ1v) is 9.16. The van der Waals surface area contributed by atoms with Crippen LogP contribution in [0.5, 0.6) is 0 Å². The largest absolute Gasteiger partial charge is 0.339 e. The van der Waals surface area contributed by atoms with Crippen molar-refractivity contribution in [3.05, 3.63) is 35.4 Å². The molecule has 24 heavy (non-hydrogen) atoms. The fourth-order valence-electron chi connectivity index (χ4n) is 2.90. The van der Waals surface area contributed by atoms with Gasteiger partial charge in [-0.2, -0.15) is 5.26 Å². The van der Waals surface area contributed by atoms with Crippen molar-refractivity contribution in [2.24, 2.45) is 0 Å². The van der Waals surface area contributed by atoms with Gasteiger partial charge in [-0.3, -0.25) is 14.5 Å². The van der Waals surface area contributed by atoms with Gasteiger partial charge in [0.05, 0.1) is 23.3 Å². The zero-order valence-corrected chi connectivity index (χ0v) is 14.3. The lowest BCUT2D eigenvalue weighted by Gasteiger charge is -2.35. The molecule has 0 saturated carbocycles. The van der Waals surface area contributed by atoms with E-state index in [9.17, 15) is 9.59 Å². The predicted octanol–water partition coefficient (Wildman–Crippen LogP) is 0.735. The first-order valence-electron chi connectivity index (χ1n) is 8.00. The number of piperazine rings is 1. The number of amides is 2. The second-order valence-electron chi connectivity index (χ2n) is 6.03. The zero-order valence-electron chi connectivity index (χ0n) is 13.5. The number of carbonyl (C=O) groups excluding carboxylic acids is 2. The third-order valence-electron chi connectivity index (χ3n) is 4.37. The Balaban J connectivity index is 1.45. The third kappa shape index (κ3) is 4.08. The Kier molecular flexibility index (Phi) is 5.38. The maximum Gasteiger partial charge on any atom is 0.242 e. The minimum atomic E-state index is 0.0453. The zero-order chi connectivity index (χ0) is 16.9. The van der Waals surface area contributed by atoms with Gasteiger partial charge in [-0.1, -0.05) is 12.1 Å². The van der Waals surface area contributed by atoms with E-state index in [2.05, 4.69) is 11.0 Å². The Morgan fingerprint density at radius 3 is 2.46 bits per heavy atom. The van der Waals surface area contributed by atoms with Crippen molar-refractivity contribution < 1.29 is 9.59 Å². The topological polar surface area (TPSA) is 67.7 Å². The first kappa shape index (κ1) is 16.8. The maximum absolute atomic E-state index is 12.3. The molecule has 0 aliphatic carbocycles. The average Bonchev–Trinajstić information content (AvgIpc) is 3.01. The quantitative estimate of drug-likeness (QED) is 0.806. The van der Waals surface area contributed by atoms with Crippen molar-refractivity contribution in [2.45, 2.75) is 6.54 Å². The molecule has 2 aliphatic heterocycles. The van der Waals surface area contributed by atoms with E-state index in [0.29, 0.717) is 30.3 Å². The SMILES string of the molecule is N#Cc1ccc(CN2CCN(C(=O)CN3CSCC3=O)CC2)cc1. The minimum Gasteiger partial charge on any atom is -0.339 e. The minimum absolute atomic E-state index is 0.0453. The maximum atomic E-state index is 12.3. The van der Waals surface area contributed by atoms with E-state index in [1.807, 2.05) is 29.2 Å². The molecule has 0 bridgehead atoms. The van der Waals surface area contributed by atoms with Gasteiger partial charge < -0.3 is 9.80 Å². The highest BCUT2D eigenvalue weighted by molar-refractivity contribution is 8.00. The second-order valence-corrected chi connectivity index (χ2v) is 6.99. The van der Waals surface area contributed by atoms with E-state index in [4.69, 9.17) is 5.26 Å². The lowest BCUT2D eigenvalue weighted by Crippen LogP contribution is -2.51. The van der Waals surface area contributed by atoms with E-state index in [1.165, 1.54) is 5.56 Å². The molecule has 0 radical (unpaired) electrons. The van der Waals surface area contributed by atoms with Crippen LogP contribution < -0.4 is 0 Å². The normalized spacial score (nSPS) is 18.7. The van der Waals surface area contributed by atoms with Gasteiger partial charge >= 0.3 is 0 Å². The van der Waals surface area contributed by atoms with Crippen molar-refractivity contribution in [2.75, 3.05) is 44.4 Å². The Labute approximate surface area is 146 Å². The number of nitriles is 1. The summed E-state index contributed by atoms with van der Waals surface area (Å²) in [6.45, 7) is 4.09. The Morgan fingerprint density at radius 1 is 1.17 bits per heavy atom. The van der Waals surface area contributed by atoms with Crippen LogP contribution in [0.25, 0.3) is 0 Å². The number of rotatable bonds is 4. The van der Waals surface area contributed by atoms with E-state index in [0.717, 1.165) is 19.6 Å². The molecule has 2 amide bonds. The molecule has 0 N–H and O–H groups in total. The van der Waals surface area contributed by atoms with Gasteiger partial charge in [-0.05, 0) is 17.7 Å². The molecule has 2 saturated heterocycles. The molecule has 0 atom stereocenters.